The van der Waals surface area contributed by atoms with Crippen molar-refractivity contribution < 1.29 is 14.3 Å². The molecule has 3 rings (SSSR count). The molecule has 2 amide bonds. The lowest BCUT2D eigenvalue weighted by atomic mass is 9.84. The second kappa shape index (κ2) is 5.24. The summed E-state index contributed by atoms with van der Waals surface area (Å²) in [5.74, 6) is 1.25. The fourth-order valence-corrected chi connectivity index (χ4v) is 4.15. The van der Waals surface area contributed by atoms with E-state index >= 15 is 0 Å². The van der Waals surface area contributed by atoms with Crippen LogP contribution in [0.4, 0.5) is 4.79 Å². The molecule has 0 aromatic rings. The Labute approximate surface area is 119 Å². The van der Waals surface area contributed by atoms with Gasteiger partial charge in [0.15, 0.2) is 0 Å². The number of amides is 2. The highest BCUT2D eigenvalue weighted by Gasteiger charge is 2.50. The van der Waals surface area contributed by atoms with Gasteiger partial charge in [0.25, 0.3) is 0 Å². The van der Waals surface area contributed by atoms with Crippen LogP contribution < -0.4 is 5.73 Å². The molecular formula is C14H23N3O3. The average Bonchev–Trinajstić information content (AvgIpc) is 3.07. The third kappa shape index (κ3) is 2.16. The summed E-state index contributed by atoms with van der Waals surface area (Å²) < 4.78 is 4.71. The van der Waals surface area contributed by atoms with Gasteiger partial charge in [-0.2, -0.15) is 0 Å². The number of piperazine rings is 1. The van der Waals surface area contributed by atoms with Crippen LogP contribution >= 0.6 is 0 Å². The molecule has 20 heavy (non-hydrogen) atoms. The number of carbonyl (C=O) groups is 2. The quantitative estimate of drug-likeness (QED) is 0.748. The average molecular weight is 281 g/mol. The van der Waals surface area contributed by atoms with Crippen molar-refractivity contribution in [1.29, 1.82) is 0 Å². The van der Waals surface area contributed by atoms with Crippen LogP contribution in [0.1, 0.15) is 19.3 Å². The number of nitrogens with two attached hydrogens (primary N) is 1. The van der Waals surface area contributed by atoms with Gasteiger partial charge in [0, 0.05) is 32.2 Å². The summed E-state index contributed by atoms with van der Waals surface area (Å²) in [6, 6.07) is 0.0416. The topological polar surface area (TPSA) is 75.9 Å². The first-order chi connectivity index (χ1) is 9.61. The molecule has 1 aliphatic heterocycles. The zero-order valence-electron chi connectivity index (χ0n) is 12.0. The Morgan fingerprint density at radius 3 is 2.20 bits per heavy atom. The van der Waals surface area contributed by atoms with Crippen LogP contribution in [0, 0.1) is 17.8 Å². The second-order valence-corrected chi connectivity index (χ2v) is 6.22. The molecule has 4 atom stereocenters. The Balaban J connectivity index is 1.58. The molecule has 4 unspecified atom stereocenters. The lowest BCUT2D eigenvalue weighted by molar-refractivity contribution is -0.139. The Morgan fingerprint density at radius 1 is 1.05 bits per heavy atom. The Hall–Kier alpha value is -1.30. The number of fused-ring (bicyclic) bond motifs is 2. The Morgan fingerprint density at radius 2 is 1.65 bits per heavy atom. The minimum Gasteiger partial charge on any atom is -0.453 e. The van der Waals surface area contributed by atoms with Crippen LogP contribution in [0.25, 0.3) is 0 Å². The summed E-state index contributed by atoms with van der Waals surface area (Å²) in [6.45, 7) is 2.28. The molecule has 2 bridgehead atoms. The summed E-state index contributed by atoms with van der Waals surface area (Å²) in [7, 11) is 1.38. The number of ether oxygens (including phenoxy) is 1. The smallest absolute Gasteiger partial charge is 0.409 e. The van der Waals surface area contributed by atoms with Crippen LogP contribution in [-0.2, 0) is 9.53 Å². The molecule has 2 saturated carbocycles. The lowest BCUT2D eigenvalue weighted by Gasteiger charge is -2.37. The highest BCUT2D eigenvalue weighted by molar-refractivity contribution is 5.81. The number of hydrogen-bond donors (Lipinski definition) is 1. The first-order valence-corrected chi connectivity index (χ1v) is 7.49. The van der Waals surface area contributed by atoms with E-state index in [1.165, 1.54) is 13.5 Å². The van der Waals surface area contributed by atoms with E-state index in [0.717, 1.165) is 12.8 Å². The maximum atomic E-state index is 12.7. The monoisotopic (exact) mass is 281 g/mol. The summed E-state index contributed by atoms with van der Waals surface area (Å²) >= 11 is 0. The van der Waals surface area contributed by atoms with E-state index in [4.69, 9.17) is 10.5 Å². The van der Waals surface area contributed by atoms with Crippen molar-refractivity contribution in [2.24, 2.45) is 23.5 Å². The maximum Gasteiger partial charge on any atom is 0.409 e. The predicted molar refractivity (Wildman–Crippen MR) is 72.9 cm³/mol. The maximum absolute atomic E-state index is 12.7. The SMILES string of the molecule is COC(=O)N1CCN(C(=O)C2C3CCC(C3)C2N)CC1. The van der Waals surface area contributed by atoms with Gasteiger partial charge in [-0.05, 0) is 31.1 Å². The number of methoxy groups -OCH3 is 1. The predicted octanol–water partition coefficient (Wildman–Crippen LogP) is 0.270. The molecular weight excluding hydrogens is 258 g/mol. The van der Waals surface area contributed by atoms with E-state index < -0.39 is 0 Å². The molecule has 0 radical (unpaired) electrons. The van der Waals surface area contributed by atoms with Crippen LogP contribution in [0.3, 0.4) is 0 Å². The zero-order valence-corrected chi connectivity index (χ0v) is 12.0. The standard InChI is InChI=1S/C14H23N3O3/c1-20-14(19)17-6-4-16(5-7-17)13(18)11-9-2-3-10(8-9)12(11)15/h9-12H,2-8,15H2,1H3. The molecule has 3 aliphatic rings. The van der Waals surface area contributed by atoms with Crippen molar-refractivity contribution in [3.8, 4) is 0 Å². The van der Waals surface area contributed by atoms with E-state index in [9.17, 15) is 9.59 Å². The van der Waals surface area contributed by atoms with Crippen molar-refractivity contribution >= 4 is 12.0 Å². The molecule has 0 aromatic carbocycles. The minimum atomic E-state index is -0.311. The van der Waals surface area contributed by atoms with Gasteiger partial charge >= 0.3 is 6.09 Å². The number of hydrogen-bond acceptors (Lipinski definition) is 4. The largest absolute Gasteiger partial charge is 0.453 e. The van der Waals surface area contributed by atoms with E-state index in [1.807, 2.05) is 4.90 Å². The fraction of sp³-hybridized carbons (Fsp3) is 0.857. The third-order valence-electron chi connectivity index (χ3n) is 5.29. The minimum absolute atomic E-state index is 0.0124. The van der Waals surface area contributed by atoms with Crippen LogP contribution in [-0.4, -0.2) is 61.1 Å². The molecule has 1 heterocycles. The Kier molecular flexibility index (Phi) is 3.58. The molecule has 0 spiro atoms. The highest BCUT2D eigenvalue weighted by atomic mass is 16.5. The van der Waals surface area contributed by atoms with E-state index in [1.54, 1.807) is 4.90 Å². The normalized spacial score (nSPS) is 36.3. The van der Waals surface area contributed by atoms with Crippen LogP contribution in [0.2, 0.25) is 0 Å². The molecule has 2 aliphatic carbocycles. The van der Waals surface area contributed by atoms with Gasteiger partial charge in [0.1, 0.15) is 0 Å². The van der Waals surface area contributed by atoms with Crippen molar-refractivity contribution in [2.75, 3.05) is 33.3 Å². The molecule has 112 valence electrons. The van der Waals surface area contributed by atoms with Crippen LogP contribution in [0.5, 0.6) is 0 Å². The van der Waals surface area contributed by atoms with Gasteiger partial charge < -0.3 is 20.3 Å². The highest BCUT2D eigenvalue weighted by Crippen LogP contribution is 2.48. The van der Waals surface area contributed by atoms with Crippen molar-refractivity contribution in [3.63, 3.8) is 0 Å². The summed E-state index contributed by atoms with van der Waals surface area (Å²) in [6.07, 6.45) is 3.15. The molecule has 2 N–H and O–H groups in total. The van der Waals surface area contributed by atoms with Crippen LogP contribution in [0.15, 0.2) is 0 Å². The van der Waals surface area contributed by atoms with Gasteiger partial charge in [-0.25, -0.2) is 4.79 Å². The van der Waals surface area contributed by atoms with Crippen molar-refractivity contribution in [2.45, 2.75) is 25.3 Å². The first-order valence-electron chi connectivity index (χ1n) is 7.49. The van der Waals surface area contributed by atoms with Gasteiger partial charge in [0.05, 0.1) is 13.0 Å². The van der Waals surface area contributed by atoms with E-state index in [0.29, 0.717) is 38.0 Å². The molecule has 1 saturated heterocycles. The van der Waals surface area contributed by atoms with E-state index in [2.05, 4.69) is 0 Å². The summed E-state index contributed by atoms with van der Waals surface area (Å²) in [4.78, 5) is 27.6. The summed E-state index contributed by atoms with van der Waals surface area (Å²) in [5.41, 5.74) is 6.24. The molecule has 0 aromatic heterocycles. The van der Waals surface area contributed by atoms with Crippen molar-refractivity contribution in [1.82, 2.24) is 9.80 Å². The van der Waals surface area contributed by atoms with Gasteiger partial charge in [-0.1, -0.05) is 0 Å². The third-order valence-corrected chi connectivity index (χ3v) is 5.29. The second-order valence-electron chi connectivity index (χ2n) is 6.22. The molecule has 6 nitrogen and oxygen atoms in total. The van der Waals surface area contributed by atoms with Gasteiger partial charge in [0.2, 0.25) is 5.91 Å². The lowest BCUT2D eigenvalue weighted by Crippen LogP contribution is -2.54. The molecule has 3 fully saturated rings. The zero-order chi connectivity index (χ0) is 14.3. The van der Waals surface area contributed by atoms with E-state index in [-0.39, 0.29) is 24.0 Å². The number of nitrogens with zero attached hydrogens (tertiary/aromatic N) is 2. The number of carbonyl (C=O) groups excluding carboxylic acids is 2. The Bertz CT molecular complexity index is 404. The fourth-order valence-electron chi connectivity index (χ4n) is 4.15. The summed E-state index contributed by atoms with van der Waals surface area (Å²) in [5, 5.41) is 0. The molecule has 6 heteroatoms. The van der Waals surface area contributed by atoms with Gasteiger partial charge in [-0.3, -0.25) is 4.79 Å². The number of rotatable bonds is 1. The van der Waals surface area contributed by atoms with Crippen molar-refractivity contribution in [3.05, 3.63) is 0 Å². The van der Waals surface area contributed by atoms with Gasteiger partial charge in [-0.15, -0.1) is 0 Å². The first kappa shape index (κ1) is 13.7.